The minimum atomic E-state index is 0.0847. The van der Waals surface area contributed by atoms with Gasteiger partial charge in [-0.3, -0.25) is 4.79 Å². The van der Waals surface area contributed by atoms with Gasteiger partial charge >= 0.3 is 0 Å². The maximum absolute atomic E-state index is 12.5. The van der Waals surface area contributed by atoms with E-state index in [1.54, 1.807) is 0 Å². The van der Waals surface area contributed by atoms with Crippen LogP contribution in [0.3, 0.4) is 0 Å². The van der Waals surface area contributed by atoms with Gasteiger partial charge < -0.3 is 14.8 Å². The molecule has 0 radical (unpaired) electrons. The van der Waals surface area contributed by atoms with Gasteiger partial charge in [0.2, 0.25) is 12.7 Å². The second-order valence-corrected chi connectivity index (χ2v) is 7.45. The average molecular weight is 365 g/mol. The van der Waals surface area contributed by atoms with Gasteiger partial charge in [-0.2, -0.15) is 0 Å². The first kappa shape index (κ1) is 17.9. The summed E-state index contributed by atoms with van der Waals surface area (Å²) in [6.07, 6.45) is 6.99. The van der Waals surface area contributed by atoms with Gasteiger partial charge in [0, 0.05) is 6.42 Å². The molecule has 1 N–H and O–H groups in total. The van der Waals surface area contributed by atoms with E-state index in [2.05, 4.69) is 30.4 Å². The number of nitrogens with one attached hydrogen (secondary N) is 1. The number of amides is 1. The third kappa shape index (κ3) is 4.10. The Morgan fingerprint density at radius 3 is 2.70 bits per heavy atom. The van der Waals surface area contributed by atoms with Crippen molar-refractivity contribution in [3.05, 3.63) is 58.7 Å². The van der Waals surface area contributed by atoms with Crippen LogP contribution in [-0.4, -0.2) is 12.7 Å². The average Bonchev–Trinajstić information content (AvgIpc) is 3.18. The number of hydrogen-bond acceptors (Lipinski definition) is 3. The normalized spacial score (nSPS) is 15.9. The van der Waals surface area contributed by atoms with Crippen LogP contribution in [0.15, 0.2) is 36.4 Å². The summed E-state index contributed by atoms with van der Waals surface area (Å²) >= 11 is 0. The second-order valence-electron chi connectivity index (χ2n) is 7.45. The second kappa shape index (κ2) is 8.03. The summed E-state index contributed by atoms with van der Waals surface area (Å²) in [5.74, 6) is 1.65. The van der Waals surface area contributed by atoms with Crippen molar-refractivity contribution in [1.29, 1.82) is 0 Å². The van der Waals surface area contributed by atoms with Crippen LogP contribution in [0.1, 0.15) is 60.9 Å². The molecule has 0 bridgehead atoms. The summed E-state index contributed by atoms with van der Waals surface area (Å²) in [5.41, 5.74) is 5.27. The van der Waals surface area contributed by atoms with Crippen molar-refractivity contribution >= 4 is 5.91 Å². The molecule has 1 heterocycles. The van der Waals surface area contributed by atoms with E-state index in [-0.39, 0.29) is 18.7 Å². The molecule has 0 aromatic heterocycles. The van der Waals surface area contributed by atoms with Crippen LogP contribution >= 0.6 is 0 Å². The van der Waals surface area contributed by atoms with Crippen LogP contribution < -0.4 is 14.8 Å². The van der Waals surface area contributed by atoms with Crippen molar-refractivity contribution in [3.8, 4) is 11.5 Å². The van der Waals surface area contributed by atoms with Crippen molar-refractivity contribution in [2.24, 2.45) is 0 Å². The molecule has 0 saturated carbocycles. The molecule has 0 spiro atoms. The molecule has 2 aliphatic rings. The number of benzene rings is 2. The number of hydrogen-bond donors (Lipinski definition) is 1. The summed E-state index contributed by atoms with van der Waals surface area (Å²) in [7, 11) is 0. The summed E-state index contributed by atoms with van der Waals surface area (Å²) < 4.78 is 10.7. The summed E-state index contributed by atoms with van der Waals surface area (Å²) in [5, 5.41) is 3.22. The van der Waals surface area contributed by atoms with E-state index in [0.29, 0.717) is 12.8 Å². The van der Waals surface area contributed by atoms with Gasteiger partial charge in [-0.05, 0) is 72.9 Å². The Morgan fingerprint density at radius 1 is 1.04 bits per heavy atom. The Balaban J connectivity index is 1.36. The maximum atomic E-state index is 12.5. The first-order chi connectivity index (χ1) is 13.2. The lowest BCUT2D eigenvalue weighted by molar-refractivity contribution is -0.121. The van der Waals surface area contributed by atoms with Crippen molar-refractivity contribution in [2.75, 3.05) is 6.79 Å². The lowest BCUT2D eigenvalue weighted by Crippen LogP contribution is -2.28. The Hall–Kier alpha value is -2.49. The molecule has 4 heteroatoms. The molecule has 1 atom stereocenters. The third-order valence-corrected chi connectivity index (χ3v) is 5.60. The molecule has 0 fully saturated rings. The molecule has 0 saturated heterocycles. The van der Waals surface area contributed by atoms with E-state index in [1.807, 2.05) is 18.2 Å². The Labute approximate surface area is 160 Å². The molecule has 1 amide bonds. The van der Waals surface area contributed by atoms with Crippen molar-refractivity contribution < 1.29 is 14.3 Å². The number of fused-ring (bicyclic) bond motifs is 2. The Kier molecular flexibility index (Phi) is 5.33. The number of rotatable bonds is 6. The highest BCUT2D eigenvalue weighted by Gasteiger charge is 2.17. The highest BCUT2D eigenvalue weighted by Crippen LogP contribution is 2.33. The maximum Gasteiger partial charge on any atom is 0.231 e. The Morgan fingerprint density at radius 2 is 1.85 bits per heavy atom. The molecular weight excluding hydrogens is 338 g/mol. The van der Waals surface area contributed by atoms with Crippen molar-refractivity contribution in [1.82, 2.24) is 5.32 Å². The first-order valence-corrected chi connectivity index (χ1v) is 10.0. The summed E-state index contributed by atoms with van der Waals surface area (Å²) in [4.78, 5) is 12.5. The van der Waals surface area contributed by atoms with Crippen LogP contribution in [0.25, 0.3) is 0 Å². The molecule has 1 aliphatic heterocycles. The van der Waals surface area contributed by atoms with Gasteiger partial charge in [-0.1, -0.05) is 31.2 Å². The number of ether oxygens (including phenoxy) is 2. The zero-order chi connectivity index (χ0) is 18.6. The van der Waals surface area contributed by atoms with Gasteiger partial charge in [-0.15, -0.1) is 0 Å². The molecule has 2 aromatic carbocycles. The van der Waals surface area contributed by atoms with Gasteiger partial charge in [0.15, 0.2) is 11.5 Å². The van der Waals surface area contributed by atoms with E-state index in [0.717, 1.165) is 29.9 Å². The van der Waals surface area contributed by atoms with Gasteiger partial charge in [0.05, 0.1) is 6.04 Å². The van der Waals surface area contributed by atoms with Gasteiger partial charge in [-0.25, -0.2) is 0 Å². The van der Waals surface area contributed by atoms with Crippen LogP contribution in [0.5, 0.6) is 11.5 Å². The molecule has 27 heavy (non-hydrogen) atoms. The van der Waals surface area contributed by atoms with Crippen molar-refractivity contribution in [3.63, 3.8) is 0 Å². The summed E-state index contributed by atoms with van der Waals surface area (Å²) in [6, 6.07) is 12.7. The predicted molar refractivity (Wildman–Crippen MR) is 105 cm³/mol. The number of carbonyl (C=O) groups excluding carboxylic acids is 1. The van der Waals surface area contributed by atoms with E-state index in [4.69, 9.17) is 9.47 Å². The third-order valence-electron chi connectivity index (χ3n) is 5.60. The molecular formula is C23H27NO3. The van der Waals surface area contributed by atoms with Crippen molar-refractivity contribution in [2.45, 2.75) is 57.9 Å². The highest BCUT2D eigenvalue weighted by molar-refractivity contribution is 5.76. The monoisotopic (exact) mass is 365 g/mol. The molecule has 0 unspecified atom stereocenters. The standard InChI is InChI=1S/C23H27NO3/c1-2-20(19-10-9-17-5-3-4-6-18(17)14-19)24-23(25)12-8-16-7-11-21-22(13-16)27-15-26-21/h7,9-11,13-14,20H,2-6,8,12,15H2,1H3,(H,24,25)/t20-/m0/s1. The smallest absolute Gasteiger partial charge is 0.231 e. The molecule has 142 valence electrons. The van der Waals surface area contributed by atoms with Gasteiger partial charge in [0.25, 0.3) is 0 Å². The zero-order valence-corrected chi connectivity index (χ0v) is 15.9. The van der Waals surface area contributed by atoms with Crippen LogP contribution in [0.2, 0.25) is 0 Å². The fourth-order valence-corrected chi connectivity index (χ4v) is 4.01. The summed E-state index contributed by atoms with van der Waals surface area (Å²) in [6.45, 7) is 2.40. The molecule has 1 aliphatic carbocycles. The number of aryl methyl sites for hydroxylation is 3. The lowest BCUT2D eigenvalue weighted by Gasteiger charge is -2.21. The zero-order valence-electron chi connectivity index (χ0n) is 15.9. The quantitative estimate of drug-likeness (QED) is 0.820. The Bertz CT molecular complexity index is 830. The predicted octanol–water partition coefficient (Wildman–Crippen LogP) is 4.49. The molecule has 2 aromatic rings. The molecule has 4 nitrogen and oxygen atoms in total. The van der Waals surface area contributed by atoms with E-state index in [9.17, 15) is 4.79 Å². The lowest BCUT2D eigenvalue weighted by atomic mass is 9.89. The van der Waals surface area contributed by atoms with Crippen LogP contribution in [-0.2, 0) is 24.1 Å². The fraction of sp³-hybridized carbons (Fsp3) is 0.435. The first-order valence-electron chi connectivity index (χ1n) is 10.0. The van der Waals surface area contributed by atoms with Crippen LogP contribution in [0.4, 0.5) is 0 Å². The van der Waals surface area contributed by atoms with E-state index < -0.39 is 0 Å². The van der Waals surface area contributed by atoms with E-state index in [1.165, 1.54) is 36.0 Å². The highest BCUT2D eigenvalue weighted by atomic mass is 16.7. The number of carbonyl (C=O) groups is 1. The SMILES string of the molecule is CC[C@H](NC(=O)CCc1ccc2c(c1)OCO2)c1ccc2c(c1)CCCC2. The minimum absolute atomic E-state index is 0.0847. The molecule has 4 rings (SSSR count). The minimum Gasteiger partial charge on any atom is -0.454 e. The van der Waals surface area contributed by atoms with E-state index >= 15 is 0 Å². The largest absolute Gasteiger partial charge is 0.454 e. The van der Waals surface area contributed by atoms with Gasteiger partial charge in [0.1, 0.15) is 0 Å². The fourth-order valence-electron chi connectivity index (χ4n) is 4.01. The topological polar surface area (TPSA) is 47.6 Å². The van der Waals surface area contributed by atoms with Crippen LogP contribution in [0, 0.1) is 0 Å².